The van der Waals surface area contributed by atoms with Gasteiger partial charge in [0.25, 0.3) is 0 Å². The molecule has 0 rings (SSSR count). The molecule has 1 N–H and O–H groups in total. The van der Waals surface area contributed by atoms with Crippen molar-refractivity contribution in [3.05, 3.63) is 0 Å². The molecule has 0 bridgehead atoms. The lowest BCUT2D eigenvalue weighted by molar-refractivity contribution is -0.131. The molecular formula is C10H18N2O. The first-order valence-electron chi connectivity index (χ1n) is 4.51. The molecule has 1 unspecified atom stereocenters. The summed E-state index contributed by atoms with van der Waals surface area (Å²) in [4.78, 5) is 13.2. The molecule has 1 amide bonds. The number of amides is 1. The van der Waals surface area contributed by atoms with E-state index in [9.17, 15) is 4.79 Å². The van der Waals surface area contributed by atoms with Gasteiger partial charge in [0, 0.05) is 13.6 Å². The molecule has 0 heterocycles. The van der Waals surface area contributed by atoms with Crippen LogP contribution < -0.4 is 5.32 Å². The van der Waals surface area contributed by atoms with Gasteiger partial charge in [-0.25, -0.2) is 0 Å². The third-order valence-electron chi connectivity index (χ3n) is 1.89. The van der Waals surface area contributed by atoms with E-state index >= 15 is 0 Å². The molecule has 0 spiro atoms. The summed E-state index contributed by atoms with van der Waals surface area (Å²) in [7, 11) is 1.80. The number of rotatable bonds is 4. The molecule has 0 saturated carbocycles. The lowest BCUT2D eigenvalue weighted by Gasteiger charge is -2.19. The number of carbonyl (C=O) groups is 1. The SMILES string of the molecule is CC#CCNC(C)C(=O)N(C)CC. The largest absolute Gasteiger partial charge is 0.345 e. The quantitative estimate of drug-likeness (QED) is 0.641. The van der Waals surface area contributed by atoms with Gasteiger partial charge in [-0.1, -0.05) is 5.92 Å². The Labute approximate surface area is 80.5 Å². The summed E-state index contributed by atoms with van der Waals surface area (Å²) < 4.78 is 0. The predicted octanol–water partition coefficient (Wildman–Crippen LogP) is 0.466. The molecule has 0 aliphatic heterocycles. The number of nitrogens with zero attached hydrogens (tertiary/aromatic N) is 1. The van der Waals surface area contributed by atoms with Crippen molar-refractivity contribution in [1.82, 2.24) is 10.2 Å². The van der Waals surface area contributed by atoms with Crippen molar-refractivity contribution in [2.45, 2.75) is 26.8 Å². The molecule has 0 aliphatic rings. The van der Waals surface area contributed by atoms with E-state index in [0.29, 0.717) is 6.54 Å². The lowest BCUT2D eigenvalue weighted by atomic mass is 10.3. The Morgan fingerprint density at radius 2 is 2.23 bits per heavy atom. The fourth-order valence-electron chi connectivity index (χ4n) is 0.866. The molecule has 0 aromatic rings. The number of nitrogens with one attached hydrogen (secondary N) is 1. The molecule has 0 fully saturated rings. The molecule has 0 aliphatic carbocycles. The standard InChI is InChI=1S/C10H18N2O/c1-5-7-8-11-9(3)10(13)12(4)6-2/h9,11H,6,8H2,1-4H3. The minimum Gasteiger partial charge on any atom is -0.345 e. The van der Waals surface area contributed by atoms with E-state index in [1.165, 1.54) is 0 Å². The Bertz CT molecular complexity index is 215. The highest BCUT2D eigenvalue weighted by molar-refractivity contribution is 5.81. The monoisotopic (exact) mass is 182 g/mol. The van der Waals surface area contributed by atoms with E-state index in [4.69, 9.17) is 0 Å². The molecule has 0 radical (unpaired) electrons. The van der Waals surface area contributed by atoms with E-state index in [1.54, 1.807) is 18.9 Å². The number of carbonyl (C=O) groups excluding carboxylic acids is 1. The van der Waals surface area contributed by atoms with Crippen LogP contribution in [0.1, 0.15) is 20.8 Å². The third kappa shape index (κ3) is 4.54. The average Bonchev–Trinajstić information content (AvgIpc) is 2.15. The van der Waals surface area contributed by atoms with Gasteiger partial charge in [0.2, 0.25) is 5.91 Å². The van der Waals surface area contributed by atoms with Crippen molar-refractivity contribution in [2.75, 3.05) is 20.1 Å². The summed E-state index contributed by atoms with van der Waals surface area (Å²) in [5, 5.41) is 3.03. The van der Waals surface area contributed by atoms with E-state index < -0.39 is 0 Å². The maximum atomic E-state index is 11.5. The summed E-state index contributed by atoms with van der Waals surface area (Å²) >= 11 is 0. The van der Waals surface area contributed by atoms with Gasteiger partial charge in [-0.3, -0.25) is 10.1 Å². The Kier molecular flexibility index (Phi) is 5.99. The minimum absolute atomic E-state index is 0.111. The molecule has 13 heavy (non-hydrogen) atoms. The van der Waals surface area contributed by atoms with Crippen LogP contribution in [0.2, 0.25) is 0 Å². The van der Waals surface area contributed by atoms with Crippen LogP contribution in [-0.2, 0) is 4.79 Å². The second kappa shape index (κ2) is 6.50. The van der Waals surface area contributed by atoms with Crippen LogP contribution in [-0.4, -0.2) is 37.0 Å². The van der Waals surface area contributed by atoms with Crippen molar-refractivity contribution in [1.29, 1.82) is 0 Å². The van der Waals surface area contributed by atoms with Crippen molar-refractivity contribution in [3.8, 4) is 11.8 Å². The summed E-state index contributed by atoms with van der Waals surface area (Å²) in [6.07, 6.45) is 0. The number of hydrogen-bond acceptors (Lipinski definition) is 2. The Morgan fingerprint density at radius 3 is 2.69 bits per heavy atom. The fraction of sp³-hybridized carbons (Fsp3) is 0.700. The summed E-state index contributed by atoms with van der Waals surface area (Å²) in [6.45, 7) is 6.90. The van der Waals surface area contributed by atoms with Crippen molar-refractivity contribution >= 4 is 5.91 Å². The van der Waals surface area contributed by atoms with Gasteiger partial charge in [0.15, 0.2) is 0 Å². The van der Waals surface area contributed by atoms with Crippen LogP contribution in [0.15, 0.2) is 0 Å². The predicted molar refractivity (Wildman–Crippen MR) is 54.2 cm³/mol. The second-order valence-corrected chi connectivity index (χ2v) is 2.88. The topological polar surface area (TPSA) is 32.3 Å². The van der Waals surface area contributed by atoms with Gasteiger partial charge in [0.1, 0.15) is 0 Å². The lowest BCUT2D eigenvalue weighted by Crippen LogP contribution is -2.43. The van der Waals surface area contributed by atoms with E-state index in [0.717, 1.165) is 6.54 Å². The summed E-state index contributed by atoms with van der Waals surface area (Å²) in [5.41, 5.74) is 0. The summed E-state index contributed by atoms with van der Waals surface area (Å²) in [5.74, 6) is 5.74. The fourth-order valence-corrected chi connectivity index (χ4v) is 0.866. The Morgan fingerprint density at radius 1 is 1.62 bits per heavy atom. The van der Waals surface area contributed by atoms with Gasteiger partial charge in [0.05, 0.1) is 12.6 Å². The van der Waals surface area contributed by atoms with Crippen LogP contribution in [0.3, 0.4) is 0 Å². The van der Waals surface area contributed by atoms with E-state index in [2.05, 4.69) is 17.2 Å². The molecule has 3 heteroatoms. The summed E-state index contributed by atoms with van der Waals surface area (Å²) in [6, 6.07) is -0.147. The molecule has 0 aromatic heterocycles. The first kappa shape index (κ1) is 12.0. The molecule has 74 valence electrons. The molecule has 0 saturated heterocycles. The van der Waals surface area contributed by atoms with Gasteiger partial charge in [-0.05, 0) is 20.8 Å². The smallest absolute Gasteiger partial charge is 0.239 e. The van der Waals surface area contributed by atoms with Gasteiger partial charge in [-0.2, -0.15) is 0 Å². The maximum Gasteiger partial charge on any atom is 0.239 e. The van der Waals surface area contributed by atoms with Crippen molar-refractivity contribution < 1.29 is 4.79 Å². The van der Waals surface area contributed by atoms with Crippen molar-refractivity contribution in [2.24, 2.45) is 0 Å². The van der Waals surface area contributed by atoms with Crippen LogP contribution in [0.4, 0.5) is 0 Å². The average molecular weight is 182 g/mol. The van der Waals surface area contributed by atoms with Crippen molar-refractivity contribution in [3.63, 3.8) is 0 Å². The van der Waals surface area contributed by atoms with Gasteiger partial charge >= 0.3 is 0 Å². The molecule has 1 atom stereocenters. The van der Waals surface area contributed by atoms with Crippen LogP contribution in [0, 0.1) is 11.8 Å². The Hall–Kier alpha value is -1.01. The second-order valence-electron chi connectivity index (χ2n) is 2.88. The maximum absolute atomic E-state index is 11.5. The van der Waals surface area contributed by atoms with Gasteiger partial charge < -0.3 is 4.90 Å². The zero-order chi connectivity index (χ0) is 10.3. The van der Waals surface area contributed by atoms with Crippen LogP contribution in [0.25, 0.3) is 0 Å². The Balaban J connectivity index is 3.86. The third-order valence-corrected chi connectivity index (χ3v) is 1.89. The normalized spacial score (nSPS) is 11.4. The van der Waals surface area contributed by atoms with E-state index in [-0.39, 0.29) is 11.9 Å². The zero-order valence-corrected chi connectivity index (χ0v) is 8.85. The highest BCUT2D eigenvalue weighted by Crippen LogP contribution is 1.90. The number of likely N-dealkylation sites (N-methyl/N-ethyl adjacent to an activating group) is 1. The number of hydrogen-bond donors (Lipinski definition) is 1. The first-order chi connectivity index (χ1) is 6.13. The highest BCUT2D eigenvalue weighted by Gasteiger charge is 2.14. The van der Waals surface area contributed by atoms with Gasteiger partial charge in [-0.15, -0.1) is 5.92 Å². The molecule has 3 nitrogen and oxygen atoms in total. The van der Waals surface area contributed by atoms with E-state index in [1.807, 2.05) is 13.8 Å². The minimum atomic E-state index is -0.147. The van der Waals surface area contributed by atoms with Crippen LogP contribution >= 0.6 is 0 Å². The molecular weight excluding hydrogens is 164 g/mol. The molecule has 0 aromatic carbocycles. The zero-order valence-electron chi connectivity index (χ0n) is 8.85. The van der Waals surface area contributed by atoms with Crippen LogP contribution in [0.5, 0.6) is 0 Å². The first-order valence-corrected chi connectivity index (χ1v) is 4.51. The highest BCUT2D eigenvalue weighted by atomic mass is 16.2.